The summed E-state index contributed by atoms with van der Waals surface area (Å²) in [7, 11) is 1.64. The van der Waals surface area contributed by atoms with Gasteiger partial charge in [-0.2, -0.15) is 0 Å². The predicted molar refractivity (Wildman–Crippen MR) is 154 cm³/mol. The van der Waals surface area contributed by atoms with Crippen molar-refractivity contribution in [1.29, 1.82) is 0 Å². The third kappa shape index (κ3) is 31.8. The Labute approximate surface area is 247 Å². The Balaban J connectivity index is 3.15. The van der Waals surface area contributed by atoms with Crippen molar-refractivity contribution < 1.29 is 56.9 Å². The average Bonchev–Trinajstić information content (AvgIpc) is 2.98. The summed E-state index contributed by atoms with van der Waals surface area (Å²) in [5, 5.41) is 0. The largest absolute Gasteiger partial charge is 0.463 e. The molecule has 0 aliphatic heterocycles. The van der Waals surface area contributed by atoms with E-state index in [4.69, 9.17) is 52.1 Å². The smallest absolute Gasteiger partial charge is 0.308 e. The van der Waals surface area contributed by atoms with Crippen molar-refractivity contribution in [2.24, 2.45) is 5.92 Å². The van der Waals surface area contributed by atoms with Crippen molar-refractivity contribution in [3.63, 3.8) is 0 Å². The first-order valence-electron chi connectivity index (χ1n) is 15.1. The molecule has 0 bridgehead atoms. The molecule has 0 aliphatic carbocycles. The molecule has 0 aromatic rings. The van der Waals surface area contributed by atoms with Crippen molar-refractivity contribution in [1.82, 2.24) is 0 Å². The molecule has 0 aromatic heterocycles. The van der Waals surface area contributed by atoms with Crippen LogP contribution in [0.3, 0.4) is 0 Å². The molecule has 12 nitrogen and oxygen atoms in total. The van der Waals surface area contributed by atoms with Gasteiger partial charge in [-0.3, -0.25) is 4.79 Å². The Morgan fingerprint density at radius 2 is 0.756 bits per heavy atom. The number of carbonyl (C=O) groups is 1. The first kappa shape index (κ1) is 40.1. The first-order chi connectivity index (χ1) is 20.3. The maximum atomic E-state index is 12.0. The summed E-state index contributed by atoms with van der Waals surface area (Å²) in [6, 6.07) is 0. The van der Waals surface area contributed by atoms with Crippen molar-refractivity contribution in [2.45, 2.75) is 39.5 Å². The van der Waals surface area contributed by atoms with Gasteiger partial charge in [0.25, 0.3) is 0 Å². The predicted octanol–water partition coefficient (Wildman–Crippen LogP) is 2.54. The lowest BCUT2D eigenvalue weighted by atomic mass is 10.00. The minimum absolute atomic E-state index is 0.000293. The number of hydrogen-bond donors (Lipinski definition) is 0. The highest BCUT2D eigenvalue weighted by atomic mass is 16.6. The number of unbranched alkanes of at least 4 members (excludes halogenated alkanes) is 1. The van der Waals surface area contributed by atoms with E-state index in [1.54, 1.807) is 7.11 Å². The van der Waals surface area contributed by atoms with Gasteiger partial charge in [-0.05, 0) is 12.8 Å². The molecule has 12 heteroatoms. The van der Waals surface area contributed by atoms with Crippen LogP contribution in [0.4, 0.5) is 0 Å². The van der Waals surface area contributed by atoms with Gasteiger partial charge in [0.2, 0.25) is 0 Å². The third-order valence-electron chi connectivity index (χ3n) is 5.61. The number of rotatable bonds is 35. The van der Waals surface area contributed by atoms with Crippen molar-refractivity contribution >= 4 is 5.97 Å². The number of esters is 1. The molecule has 0 aliphatic rings. The van der Waals surface area contributed by atoms with Crippen LogP contribution >= 0.6 is 0 Å². The van der Waals surface area contributed by atoms with E-state index in [2.05, 4.69) is 6.92 Å². The van der Waals surface area contributed by atoms with Gasteiger partial charge in [-0.15, -0.1) is 0 Å². The van der Waals surface area contributed by atoms with Gasteiger partial charge in [0.15, 0.2) is 0 Å². The second kappa shape index (κ2) is 35.3. The number of methoxy groups -OCH3 is 1. The fourth-order valence-corrected chi connectivity index (χ4v) is 3.26. The monoisotopic (exact) mass is 598 g/mol. The molecule has 1 unspecified atom stereocenters. The number of ether oxygens (including phenoxy) is 11. The van der Waals surface area contributed by atoms with Gasteiger partial charge in [-0.1, -0.05) is 26.7 Å². The van der Waals surface area contributed by atoms with Gasteiger partial charge in [0.05, 0.1) is 131 Å². The number of hydrogen-bond acceptors (Lipinski definition) is 12. The molecule has 0 spiro atoms. The van der Waals surface area contributed by atoms with Crippen LogP contribution in [0, 0.1) is 5.92 Å². The van der Waals surface area contributed by atoms with Crippen LogP contribution in [-0.4, -0.2) is 145 Å². The fourth-order valence-electron chi connectivity index (χ4n) is 3.26. The highest BCUT2D eigenvalue weighted by molar-refractivity contribution is 5.72. The lowest BCUT2D eigenvalue weighted by Crippen LogP contribution is -2.20. The molecule has 0 rings (SSSR count). The topological polar surface area (TPSA) is 119 Å². The van der Waals surface area contributed by atoms with Gasteiger partial charge < -0.3 is 52.1 Å². The Kier molecular flexibility index (Phi) is 34.5. The van der Waals surface area contributed by atoms with Crippen LogP contribution in [0.5, 0.6) is 0 Å². The summed E-state index contributed by atoms with van der Waals surface area (Å²) in [4.78, 5) is 12.0. The summed E-state index contributed by atoms with van der Waals surface area (Å²) in [5.41, 5.74) is 0. The van der Waals surface area contributed by atoms with Crippen LogP contribution in [0.25, 0.3) is 0 Å². The van der Waals surface area contributed by atoms with Gasteiger partial charge >= 0.3 is 5.97 Å². The lowest BCUT2D eigenvalue weighted by molar-refractivity contribution is -0.150. The van der Waals surface area contributed by atoms with E-state index >= 15 is 0 Å². The third-order valence-corrected chi connectivity index (χ3v) is 5.61. The minimum atomic E-state index is -0.118. The van der Waals surface area contributed by atoms with E-state index in [-0.39, 0.29) is 18.5 Å². The van der Waals surface area contributed by atoms with Gasteiger partial charge in [0, 0.05) is 7.11 Å². The molecule has 0 heterocycles. The summed E-state index contributed by atoms with van der Waals surface area (Å²) < 4.78 is 59.0. The van der Waals surface area contributed by atoms with Crippen LogP contribution in [0.1, 0.15) is 39.5 Å². The molecule has 0 amide bonds. The highest BCUT2D eigenvalue weighted by Crippen LogP contribution is 2.14. The maximum absolute atomic E-state index is 12.0. The summed E-state index contributed by atoms with van der Waals surface area (Å²) >= 11 is 0. The van der Waals surface area contributed by atoms with Crippen LogP contribution in [0.2, 0.25) is 0 Å². The van der Waals surface area contributed by atoms with Crippen LogP contribution in [0.15, 0.2) is 0 Å². The second-order valence-corrected chi connectivity index (χ2v) is 8.92. The normalized spacial score (nSPS) is 12.2. The molecule has 0 aromatic carbocycles. The van der Waals surface area contributed by atoms with Crippen molar-refractivity contribution in [3.05, 3.63) is 0 Å². The lowest BCUT2D eigenvalue weighted by Gasteiger charge is -2.13. The van der Waals surface area contributed by atoms with E-state index < -0.39 is 0 Å². The highest BCUT2D eigenvalue weighted by Gasteiger charge is 2.16. The molecule has 0 saturated carbocycles. The summed E-state index contributed by atoms with van der Waals surface area (Å²) in [5.74, 6) is -0.119. The van der Waals surface area contributed by atoms with Gasteiger partial charge in [0.1, 0.15) is 6.61 Å². The molecule has 41 heavy (non-hydrogen) atoms. The molecule has 0 N–H and O–H groups in total. The van der Waals surface area contributed by atoms with E-state index in [0.717, 1.165) is 25.7 Å². The first-order valence-corrected chi connectivity index (χ1v) is 15.1. The zero-order valence-corrected chi connectivity index (χ0v) is 25.9. The Morgan fingerprint density at radius 3 is 1.02 bits per heavy atom. The average molecular weight is 599 g/mol. The van der Waals surface area contributed by atoms with E-state index in [9.17, 15) is 4.79 Å². The molecule has 246 valence electrons. The van der Waals surface area contributed by atoms with E-state index in [0.29, 0.717) is 126 Å². The Morgan fingerprint density at radius 1 is 0.463 bits per heavy atom. The quantitative estimate of drug-likeness (QED) is 0.0788. The van der Waals surface area contributed by atoms with Crippen molar-refractivity contribution in [3.8, 4) is 0 Å². The zero-order chi connectivity index (χ0) is 29.9. The van der Waals surface area contributed by atoms with Crippen LogP contribution < -0.4 is 0 Å². The van der Waals surface area contributed by atoms with E-state index in [1.807, 2.05) is 6.92 Å². The number of carbonyl (C=O) groups excluding carboxylic acids is 1. The Bertz CT molecular complexity index is 512. The molecule has 0 saturated heterocycles. The minimum Gasteiger partial charge on any atom is -0.463 e. The summed E-state index contributed by atoms with van der Waals surface area (Å²) in [6.45, 7) is 14.1. The fraction of sp³-hybridized carbons (Fsp3) is 0.966. The zero-order valence-electron chi connectivity index (χ0n) is 25.9. The SMILES string of the molecule is CCCCC(CC)C(=O)OCCOCCOCCOCCOCCOCCOCCOCCOCCOCCOC. The molecule has 0 radical (unpaired) electrons. The van der Waals surface area contributed by atoms with Crippen LogP contribution in [-0.2, 0) is 56.9 Å². The van der Waals surface area contributed by atoms with Crippen molar-refractivity contribution in [2.75, 3.05) is 139 Å². The molecular formula is C29H58O12. The summed E-state index contributed by atoms with van der Waals surface area (Å²) in [6.07, 6.45) is 3.84. The second-order valence-electron chi connectivity index (χ2n) is 8.92. The van der Waals surface area contributed by atoms with E-state index in [1.165, 1.54) is 0 Å². The molecule has 0 fully saturated rings. The standard InChI is InChI=1S/C29H58O12/c1-4-6-7-28(5-2)29(30)41-27-26-40-25-24-39-23-22-38-21-20-37-19-18-36-17-16-35-15-14-34-13-12-33-11-10-32-9-8-31-3/h28H,4-27H2,1-3H3. The molecule has 1 atom stereocenters. The maximum Gasteiger partial charge on any atom is 0.308 e. The molecular weight excluding hydrogens is 540 g/mol. The van der Waals surface area contributed by atoms with Gasteiger partial charge in [-0.25, -0.2) is 0 Å². The Hall–Kier alpha value is -0.930.